The SMILES string of the molecule is CC[C@H](C)[C@@H]1NC(=O)[C@H]([C@@H](C)O)NC(=O)CCCN(C(=O)c2ccc(OC)nc2)CCNC(=O)c2ccc(OC)c(c2)Oc2cc(F)cc(c2)CNC1=O. The van der Waals surface area contributed by atoms with Crippen molar-refractivity contribution < 1.29 is 47.7 Å². The van der Waals surface area contributed by atoms with Crippen LogP contribution >= 0.6 is 0 Å². The Kier molecular flexibility index (Phi) is 14.7. The summed E-state index contributed by atoms with van der Waals surface area (Å²) in [5.41, 5.74) is 0.792. The molecule has 1 aliphatic rings. The van der Waals surface area contributed by atoms with E-state index in [9.17, 15) is 33.5 Å². The Bertz CT molecular complexity index is 1810. The third kappa shape index (κ3) is 11.1. The topological polar surface area (TPSA) is 198 Å². The molecule has 5 amide bonds. The summed E-state index contributed by atoms with van der Waals surface area (Å²) in [6, 6.07) is 8.98. The summed E-state index contributed by atoms with van der Waals surface area (Å²) in [6.07, 6.45) is 0.593. The largest absolute Gasteiger partial charge is 0.493 e. The summed E-state index contributed by atoms with van der Waals surface area (Å²) < 4.78 is 31.3. The van der Waals surface area contributed by atoms with Crippen LogP contribution < -0.4 is 35.5 Å². The van der Waals surface area contributed by atoms with E-state index in [2.05, 4.69) is 26.3 Å². The van der Waals surface area contributed by atoms with Crippen LogP contribution in [-0.2, 0) is 20.9 Å². The molecule has 0 fully saturated rings. The van der Waals surface area contributed by atoms with Crippen LogP contribution in [0.3, 0.4) is 0 Å². The highest BCUT2D eigenvalue weighted by Gasteiger charge is 2.32. The number of carbonyl (C=O) groups excluding carboxylic acids is 5. The van der Waals surface area contributed by atoms with Gasteiger partial charge in [0.15, 0.2) is 11.5 Å². The van der Waals surface area contributed by atoms with Crippen molar-refractivity contribution in [1.29, 1.82) is 0 Å². The molecule has 1 aliphatic heterocycles. The Labute approximate surface area is 312 Å². The maximum absolute atomic E-state index is 14.8. The molecule has 0 radical (unpaired) electrons. The number of pyridine rings is 1. The molecule has 1 aromatic heterocycles. The van der Waals surface area contributed by atoms with Gasteiger partial charge in [0.2, 0.25) is 23.6 Å². The maximum atomic E-state index is 14.8. The van der Waals surface area contributed by atoms with E-state index < -0.39 is 53.5 Å². The van der Waals surface area contributed by atoms with Crippen LogP contribution in [0.15, 0.2) is 54.7 Å². The number of nitrogens with one attached hydrogen (secondary N) is 4. The van der Waals surface area contributed by atoms with E-state index in [1.165, 1.54) is 68.6 Å². The number of amides is 5. The molecular formula is C38H47FN6O9. The molecule has 54 heavy (non-hydrogen) atoms. The number of benzene rings is 2. The molecule has 0 aliphatic carbocycles. The fraction of sp³-hybridized carbons (Fsp3) is 0.421. The molecule has 0 saturated heterocycles. The van der Waals surface area contributed by atoms with Gasteiger partial charge in [-0.3, -0.25) is 24.0 Å². The zero-order valence-electron chi connectivity index (χ0n) is 30.9. The molecule has 2 aromatic carbocycles. The maximum Gasteiger partial charge on any atom is 0.255 e. The normalized spacial score (nSPS) is 19.1. The predicted molar refractivity (Wildman–Crippen MR) is 195 cm³/mol. The van der Waals surface area contributed by atoms with E-state index in [0.717, 1.165) is 6.07 Å². The van der Waals surface area contributed by atoms with Crippen LogP contribution in [0.25, 0.3) is 0 Å². The standard InChI is InChI=1S/C38H47FN6O9/c1-6-22(2)33-36(49)42-20-24-16-27(39)19-28(17-24)54-30-18-25(9-11-29(30)52-4)35(48)40-13-15-45(38(51)26-10-12-32(53-5)41-21-26)14-7-8-31(47)43-34(23(3)46)37(50)44-33/h9-12,16-19,21-23,33-34,46H,6-8,13-15,20H2,1-5H3,(H,40,48)(H,42,49)(H,43,47)(H,44,50)/t22-,23+,33-,34-/m0/s1. The van der Waals surface area contributed by atoms with Gasteiger partial charge < -0.3 is 45.5 Å². The van der Waals surface area contributed by atoms with Crippen molar-refractivity contribution in [2.24, 2.45) is 5.92 Å². The summed E-state index contributed by atoms with van der Waals surface area (Å²) in [5, 5.41) is 21.2. The second-order valence-electron chi connectivity index (χ2n) is 12.9. The molecule has 2 heterocycles. The van der Waals surface area contributed by atoms with Crippen molar-refractivity contribution in [3.63, 3.8) is 0 Å². The van der Waals surface area contributed by atoms with Crippen molar-refractivity contribution in [3.8, 4) is 23.1 Å². The van der Waals surface area contributed by atoms with Crippen LogP contribution in [0, 0.1) is 11.7 Å². The number of aliphatic hydroxyl groups excluding tert-OH is 1. The minimum Gasteiger partial charge on any atom is -0.493 e. The molecule has 16 heteroatoms. The Morgan fingerprint density at radius 2 is 1.76 bits per heavy atom. The van der Waals surface area contributed by atoms with Crippen molar-refractivity contribution in [2.75, 3.05) is 33.9 Å². The van der Waals surface area contributed by atoms with Gasteiger partial charge >= 0.3 is 0 Å². The van der Waals surface area contributed by atoms with Gasteiger partial charge in [0.1, 0.15) is 23.7 Å². The fourth-order valence-corrected chi connectivity index (χ4v) is 5.66. The van der Waals surface area contributed by atoms with E-state index in [4.69, 9.17) is 14.2 Å². The average molecular weight is 751 g/mol. The molecule has 3 aromatic rings. The number of aliphatic hydroxyl groups is 1. The Morgan fingerprint density at radius 1 is 0.981 bits per heavy atom. The van der Waals surface area contributed by atoms with Gasteiger partial charge in [-0.1, -0.05) is 20.3 Å². The first-order chi connectivity index (χ1) is 25.8. The van der Waals surface area contributed by atoms with Gasteiger partial charge in [-0.2, -0.15) is 0 Å². The summed E-state index contributed by atoms with van der Waals surface area (Å²) in [4.78, 5) is 72.3. The number of nitrogens with zero attached hydrogens (tertiary/aromatic N) is 2. The third-order valence-corrected chi connectivity index (χ3v) is 8.90. The van der Waals surface area contributed by atoms with E-state index in [1.807, 2.05) is 6.92 Å². The second-order valence-corrected chi connectivity index (χ2v) is 12.9. The summed E-state index contributed by atoms with van der Waals surface area (Å²) in [5.74, 6) is -3.05. The lowest BCUT2D eigenvalue weighted by molar-refractivity contribution is -0.135. The number of halogens is 1. The number of hydrogen-bond donors (Lipinski definition) is 5. The van der Waals surface area contributed by atoms with Crippen molar-refractivity contribution in [3.05, 3.63) is 77.2 Å². The smallest absolute Gasteiger partial charge is 0.255 e. The molecule has 0 unspecified atom stereocenters. The average Bonchev–Trinajstić information content (AvgIpc) is 3.16. The van der Waals surface area contributed by atoms with Gasteiger partial charge in [0.05, 0.1) is 25.9 Å². The van der Waals surface area contributed by atoms with Crippen LogP contribution in [-0.4, -0.2) is 96.6 Å². The van der Waals surface area contributed by atoms with Gasteiger partial charge in [0, 0.05) is 56.5 Å². The van der Waals surface area contributed by atoms with Crippen LogP contribution in [0.2, 0.25) is 0 Å². The van der Waals surface area contributed by atoms with E-state index in [-0.39, 0.29) is 73.3 Å². The van der Waals surface area contributed by atoms with Gasteiger partial charge in [-0.15, -0.1) is 0 Å². The molecule has 4 rings (SSSR count). The van der Waals surface area contributed by atoms with Gasteiger partial charge in [-0.25, -0.2) is 9.37 Å². The summed E-state index contributed by atoms with van der Waals surface area (Å²) in [7, 11) is 2.86. The number of aromatic nitrogens is 1. The van der Waals surface area contributed by atoms with E-state index in [1.54, 1.807) is 13.0 Å². The number of carbonyl (C=O) groups is 5. The van der Waals surface area contributed by atoms with Gasteiger partial charge in [-0.05, 0) is 61.2 Å². The first-order valence-electron chi connectivity index (χ1n) is 17.6. The van der Waals surface area contributed by atoms with Crippen molar-refractivity contribution in [1.82, 2.24) is 31.2 Å². The minimum atomic E-state index is -1.39. The van der Waals surface area contributed by atoms with Gasteiger partial charge in [0.25, 0.3) is 11.8 Å². The van der Waals surface area contributed by atoms with E-state index >= 15 is 0 Å². The van der Waals surface area contributed by atoms with Crippen LogP contribution in [0.4, 0.5) is 4.39 Å². The van der Waals surface area contributed by atoms with Crippen molar-refractivity contribution in [2.45, 2.75) is 64.8 Å². The highest BCUT2D eigenvalue weighted by Crippen LogP contribution is 2.33. The Balaban J connectivity index is 1.67. The molecule has 4 bridgehead atoms. The quantitative estimate of drug-likeness (QED) is 0.250. The number of rotatable bonds is 6. The number of ether oxygens (including phenoxy) is 3. The number of hydrogen-bond acceptors (Lipinski definition) is 10. The zero-order valence-corrected chi connectivity index (χ0v) is 30.9. The van der Waals surface area contributed by atoms with E-state index in [0.29, 0.717) is 17.9 Å². The third-order valence-electron chi connectivity index (χ3n) is 8.90. The molecule has 5 N–H and O–H groups in total. The summed E-state index contributed by atoms with van der Waals surface area (Å²) >= 11 is 0. The number of fused-ring (bicyclic) bond motifs is 4. The molecule has 15 nitrogen and oxygen atoms in total. The molecule has 290 valence electrons. The molecular weight excluding hydrogens is 703 g/mol. The molecule has 0 spiro atoms. The number of methoxy groups -OCH3 is 2. The first-order valence-corrected chi connectivity index (χ1v) is 17.6. The van der Waals surface area contributed by atoms with Crippen LogP contribution in [0.1, 0.15) is 66.3 Å². The lowest BCUT2D eigenvalue weighted by Crippen LogP contribution is -2.58. The lowest BCUT2D eigenvalue weighted by Gasteiger charge is -2.28. The first kappa shape index (κ1) is 41.0. The predicted octanol–water partition coefficient (Wildman–Crippen LogP) is 2.71. The Morgan fingerprint density at radius 3 is 2.43 bits per heavy atom. The molecule has 4 atom stereocenters. The van der Waals surface area contributed by atoms with Crippen LogP contribution in [0.5, 0.6) is 23.1 Å². The monoisotopic (exact) mass is 750 g/mol. The molecule has 0 saturated carbocycles. The highest BCUT2D eigenvalue weighted by atomic mass is 19.1. The Hall–Kier alpha value is -5.77. The summed E-state index contributed by atoms with van der Waals surface area (Å²) in [6.45, 7) is 4.99. The fourth-order valence-electron chi connectivity index (χ4n) is 5.66. The van der Waals surface area contributed by atoms with Crippen molar-refractivity contribution >= 4 is 29.5 Å². The zero-order chi connectivity index (χ0) is 39.4. The highest BCUT2D eigenvalue weighted by molar-refractivity contribution is 5.96. The minimum absolute atomic E-state index is 0.0309. The second kappa shape index (κ2) is 19.3. The lowest BCUT2D eigenvalue weighted by atomic mass is 9.97.